The van der Waals surface area contributed by atoms with E-state index in [-0.39, 0.29) is 42.8 Å². The second-order valence-corrected chi connectivity index (χ2v) is 15.4. The highest BCUT2D eigenvalue weighted by molar-refractivity contribution is 6.03. The smallest absolute Gasteiger partial charge is 0.335 e. The molecular formula is C41H44FN11O5. The number of amides is 3. The van der Waals surface area contributed by atoms with Crippen LogP contribution in [0.25, 0.3) is 16.9 Å². The molecule has 5 aromatic rings. The number of nitrogens with zero attached hydrogens (tertiary/aromatic N) is 8. The molecule has 16 nitrogen and oxygen atoms in total. The van der Waals surface area contributed by atoms with Crippen LogP contribution in [0.3, 0.4) is 0 Å². The monoisotopic (exact) mass is 789 g/mol. The normalized spacial score (nSPS) is 22.4. The van der Waals surface area contributed by atoms with E-state index in [0.717, 1.165) is 44.7 Å². The van der Waals surface area contributed by atoms with E-state index in [1.54, 1.807) is 36.5 Å². The fourth-order valence-corrected chi connectivity index (χ4v) is 8.72. The lowest BCUT2D eigenvalue weighted by molar-refractivity contribution is -0.134. The van der Waals surface area contributed by atoms with Gasteiger partial charge in [-0.3, -0.25) is 38.6 Å². The average molecular weight is 790 g/mol. The minimum atomic E-state index is -1.29. The molecule has 0 unspecified atom stereocenters. The number of imidazole rings is 1. The van der Waals surface area contributed by atoms with Gasteiger partial charge in [-0.15, -0.1) is 0 Å². The molecule has 3 aromatic heterocycles. The van der Waals surface area contributed by atoms with Crippen molar-refractivity contribution in [2.45, 2.75) is 62.4 Å². The number of rotatable bonds is 9. The van der Waals surface area contributed by atoms with Gasteiger partial charge in [0, 0.05) is 57.8 Å². The number of likely N-dealkylation sites (tertiary alicyclic amines) is 2. The predicted molar refractivity (Wildman–Crippen MR) is 213 cm³/mol. The number of hydrogen-bond acceptors (Lipinski definition) is 12. The van der Waals surface area contributed by atoms with Gasteiger partial charge in [0.25, 0.3) is 5.91 Å². The molecule has 4 saturated heterocycles. The molecule has 58 heavy (non-hydrogen) atoms. The van der Waals surface area contributed by atoms with Crippen LogP contribution >= 0.6 is 0 Å². The summed E-state index contributed by atoms with van der Waals surface area (Å²) in [4.78, 5) is 70.1. The molecule has 2 aromatic carbocycles. The van der Waals surface area contributed by atoms with Crippen molar-refractivity contribution in [1.82, 2.24) is 44.5 Å². The molecule has 9 rings (SSSR count). The Morgan fingerprint density at radius 1 is 0.810 bits per heavy atom. The van der Waals surface area contributed by atoms with Gasteiger partial charge in [0.05, 0.1) is 23.6 Å². The predicted octanol–water partition coefficient (Wildman–Crippen LogP) is 2.82. The van der Waals surface area contributed by atoms with E-state index in [2.05, 4.69) is 40.3 Å². The van der Waals surface area contributed by atoms with Crippen LogP contribution < -0.4 is 31.7 Å². The summed E-state index contributed by atoms with van der Waals surface area (Å²) >= 11 is 0. The number of hydrogen-bond donors (Lipinski definition) is 3. The van der Waals surface area contributed by atoms with E-state index in [4.69, 9.17) is 10.5 Å². The summed E-state index contributed by atoms with van der Waals surface area (Å²) in [5.74, 6) is 0.142. The largest absolute Gasteiger partial charge is 0.457 e. The van der Waals surface area contributed by atoms with Gasteiger partial charge >= 0.3 is 5.69 Å². The number of imide groups is 1. The Labute approximate surface area is 332 Å². The Bertz CT molecular complexity index is 2380. The molecule has 0 spiro atoms. The number of anilines is 2. The number of ether oxygens (including phenoxy) is 1. The molecule has 0 bridgehead atoms. The molecule has 7 heterocycles. The Morgan fingerprint density at radius 2 is 1.53 bits per heavy atom. The van der Waals surface area contributed by atoms with Crippen LogP contribution in [0, 0.1) is 0 Å². The van der Waals surface area contributed by atoms with Crippen LogP contribution in [0.2, 0.25) is 0 Å². The zero-order chi connectivity index (χ0) is 39.9. The second-order valence-electron chi connectivity index (χ2n) is 15.4. The number of alkyl halides is 1. The van der Waals surface area contributed by atoms with Gasteiger partial charge < -0.3 is 20.7 Å². The molecule has 0 aliphatic carbocycles. The Balaban J connectivity index is 0.787. The lowest BCUT2D eigenvalue weighted by atomic mass is 9.95. The summed E-state index contributed by atoms with van der Waals surface area (Å²) in [6.45, 7) is 4.40. The van der Waals surface area contributed by atoms with E-state index in [1.807, 2.05) is 36.4 Å². The minimum Gasteiger partial charge on any atom is -0.457 e. The molecule has 17 heteroatoms. The van der Waals surface area contributed by atoms with Gasteiger partial charge in [0.1, 0.15) is 41.3 Å². The fraction of sp³-hybridized carbons (Fsp3) is 0.390. The lowest BCUT2D eigenvalue weighted by Gasteiger charge is -2.50. The first-order valence-corrected chi connectivity index (χ1v) is 19.7. The number of para-hydroxylation sites is 1. The summed E-state index contributed by atoms with van der Waals surface area (Å²) in [7, 11) is 0. The zero-order valence-electron chi connectivity index (χ0n) is 31.7. The molecule has 4 aliphatic heterocycles. The fourth-order valence-electron chi connectivity index (χ4n) is 8.72. The number of carbonyl (C=O) groups is 3. The number of piperidine rings is 3. The standard InChI is InChI=1S/C41H44FN11O5/c42-31-23-50(25-14-17-49(18-15-25)28-21-51(22-28)27-8-11-32(44-20-27)39(55)47-33-12-13-35(54)48-40(33)56)19-16-34(31)53-38-36(37(43)45-24-46-38)52(41(53)57)26-6-9-30(10-7-26)58-29-4-2-1-3-5-29/h1-11,20,24-25,28,31,33-34H,12-19,21-23H2,(H,47,55)(H2,43,45,46)(H,48,54,56)/t31-,33-,34-/m1/s1. The highest BCUT2D eigenvalue weighted by Gasteiger charge is 2.40. The highest BCUT2D eigenvalue weighted by atomic mass is 19.1. The summed E-state index contributed by atoms with van der Waals surface area (Å²) in [5, 5.41) is 4.90. The van der Waals surface area contributed by atoms with Crippen molar-refractivity contribution >= 4 is 40.4 Å². The molecule has 0 saturated carbocycles. The van der Waals surface area contributed by atoms with E-state index in [0.29, 0.717) is 47.4 Å². The lowest BCUT2D eigenvalue weighted by Crippen LogP contribution is -2.62. The zero-order valence-corrected chi connectivity index (χ0v) is 31.7. The van der Waals surface area contributed by atoms with Crippen LogP contribution in [-0.4, -0.2) is 115 Å². The molecule has 300 valence electrons. The van der Waals surface area contributed by atoms with E-state index in [9.17, 15) is 19.2 Å². The number of halogens is 1. The molecule has 0 radical (unpaired) electrons. The number of fused-ring (bicyclic) bond motifs is 1. The third-order valence-corrected chi connectivity index (χ3v) is 11.9. The highest BCUT2D eigenvalue weighted by Crippen LogP contribution is 2.33. The van der Waals surface area contributed by atoms with E-state index in [1.165, 1.54) is 15.5 Å². The number of nitrogen functional groups attached to an aromatic ring is 1. The number of pyridine rings is 1. The number of benzene rings is 2. The third kappa shape index (κ3) is 7.26. The van der Waals surface area contributed by atoms with Crippen LogP contribution in [0.15, 0.2) is 84.0 Å². The van der Waals surface area contributed by atoms with Crippen LogP contribution in [-0.2, 0) is 9.59 Å². The van der Waals surface area contributed by atoms with E-state index < -0.39 is 35.8 Å². The van der Waals surface area contributed by atoms with Gasteiger partial charge in [0.15, 0.2) is 11.5 Å². The molecule has 3 amide bonds. The molecular weight excluding hydrogens is 746 g/mol. The maximum absolute atomic E-state index is 16.3. The molecule has 4 fully saturated rings. The Morgan fingerprint density at radius 3 is 2.24 bits per heavy atom. The maximum Gasteiger partial charge on any atom is 0.335 e. The first-order chi connectivity index (χ1) is 28.2. The van der Waals surface area contributed by atoms with Crippen molar-refractivity contribution in [1.29, 1.82) is 0 Å². The van der Waals surface area contributed by atoms with Crippen molar-refractivity contribution in [3.63, 3.8) is 0 Å². The van der Waals surface area contributed by atoms with Gasteiger partial charge in [-0.25, -0.2) is 24.1 Å². The van der Waals surface area contributed by atoms with Crippen LogP contribution in [0.5, 0.6) is 11.5 Å². The summed E-state index contributed by atoms with van der Waals surface area (Å²) in [5.41, 5.74) is 8.26. The summed E-state index contributed by atoms with van der Waals surface area (Å²) in [6, 6.07) is 19.2. The number of carbonyl (C=O) groups excluding carboxylic acids is 3. The number of nitrogens with one attached hydrogen (secondary N) is 2. The SMILES string of the molecule is Nc1ncnc2c1n(-c1ccc(Oc3ccccc3)cc1)c(=O)n2[C@@H]1CCN(C2CCN(C3CN(c4ccc(C(=O)N[C@@H]5CCC(=O)NC5=O)nc4)C3)CC2)C[C@H]1F. The maximum atomic E-state index is 16.3. The van der Waals surface area contributed by atoms with Gasteiger partial charge in [-0.05, 0) is 74.2 Å². The molecule has 4 N–H and O–H groups in total. The number of aromatic nitrogens is 5. The molecule has 4 aliphatic rings. The first-order valence-electron chi connectivity index (χ1n) is 19.7. The molecule has 3 atom stereocenters. The van der Waals surface area contributed by atoms with Crippen molar-refractivity contribution in [2.75, 3.05) is 49.9 Å². The van der Waals surface area contributed by atoms with Crippen molar-refractivity contribution in [2.24, 2.45) is 0 Å². The number of nitrogens with two attached hydrogens (primary N) is 1. The van der Waals surface area contributed by atoms with Crippen molar-refractivity contribution < 1.29 is 23.5 Å². The van der Waals surface area contributed by atoms with Gasteiger partial charge in [0.2, 0.25) is 11.8 Å². The summed E-state index contributed by atoms with van der Waals surface area (Å²) < 4.78 is 25.2. The Kier molecular flexibility index (Phi) is 10.1. The van der Waals surface area contributed by atoms with Gasteiger partial charge in [-0.1, -0.05) is 18.2 Å². The summed E-state index contributed by atoms with van der Waals surface area (Å²) in [6.07, 6.45) is 4.46. The van der Waals surface area contributed by atoms with Crippen molar-refractivity contribution in [3.8, 4) is 17.2 Å². The van der Waals surface area contributed by atoms with Crippen molar-refractivity contribution in [3.05, 3.63) is 95.4 Å². The third-order valence-electron chi connectivity index (χ3n) is 11.9. The average Bonchev–Trinajstić information content (AvgIpc) is 3.52. The Hall–Kier alpha value is -6.20. The topological polar surface area (TPSA) is 186 Å². The minimum absolute atomic E-state index is 0.141. The van der Waals surface area contributed by atoms with Gasteiger partial charge in [-0.2, -0.15) is 0 Å². The van der Waals surface area contributed by atoms with Crippen LogP contribution in [0.4, 0.5) is 15.9 Å². The first kappa shape index (κ1) is 37.4. The van der Waals surface area contributed by atoms with E-state index >= 15 is 4.39 Å². The second kappa shape index (κ2) is 15.6. The van der Waals surface area contributed by atoms with Crippen LogP contribution in [0.1, 0.15) is 48.6 Å². The quantitative estimate of drug-likeness (QED) is 0.186.